The minimum atomic E-state index is -3.02. The van der Waals surface area contributed by atoms with E-state index in [0.717, 1.165) is 11.6 Å². The number of ketones is 1. The zero-order valence-electron chi connectivity index (χ0n) is 15.1. The first-order chi connectivity index (χ1) is 13.3. The highest BCUT2D eigenvalue weighted by Crippen LogP contribution is 2.16. The molecular weight excluding hydrogens is 372 g/mol. The molecule has 0 aliphatic carbocycles. The number of esters is 1. The van der Waals surface area contributed by atoms with E-state index in [2.05, 4.69) is 10.1 Å². The Labute approximate surface area is 160 Å². The second-order valence-corrected chi connectivity index (χ2v) is 5.90. The summed E-state index contributed by atoms with van der Waals surface area (Å²) in [4.78, 5) is 35.8. The zero-order chi connectivity index (χ0) is 20.5. The number of carbonyl (C=O) groups is 3. The van der Waals surface area contributed by atoms with Gasteiger partial charge in [0, 0.05) is 0 Å². The first-order valence-electron chi connectivity index (χ1n) is 8.41. The Morgan fingerprint density at radius 3 is 2.39 bits per heavy atom. The first kappa shape index (κ1) is 21.0. The minimum absolute atomic E-state index is 0.0432. The largest absolute Gasteiger partial charge is 0.452 e. The normalized spacial score (nSPS) is 11.6. The molecule has 0 unspecified atom stereocenters. The number of alkyl halides is 2. The molecule has 1 atom stereocenters. The average molecular weight is 391 g/mol. The zero-order valence-corrected chi connectivity index (χ0v) is 15.1. The number of nitrogens with one attached hydrogen (secondary N) is 1. The van der Waals surface area contributed by atoms with E-state index in [1.54, 1.807) is 0 Å². The third-order valence-electron chi connectivity index (χ3n) is 3.74. The molecule has 0 fully saturated rings. The van der Waals surface area contributed by atoms with E-state index in [1.165, 1.54) is 25.1 Å². The van der Waals surface area contributed by atoms with Gasteiger partial charge in [-0.2, -0.15) is 8.78 Å². The van der Waals surface area contributed by atoms with Gasteiger partial charge in [-0.05, 0) is 37.1 Å². The molecule has 0 bridgehead atoms. The fourth-order valence-corrected chi connectivity index (χ4v) is 2.40. The standard InChI is InChI=1S/C20H19F2NO5/c1-13(24)17(10-14-6-3-2-4-7-14)23-18(25)12-27-19(26)15-8-5-9-16(11-15)28-20(21)22/h2-9,11,17,20H,10,12H2,1H3,(H,23,25)/t17-/m1/s1. The van der Waals surface area contributed by atoms with Crippen LogP contribution in [-0.4, -0.2) is 36.9 Å². The van der Waals surface area contributed by atoms with Crippen LogP contribution < -0.4 is 10.1 Å². The molecule has 2 rings (SSSR count). The van der Waals surface area contributed by atoms with Gasteiger partial charge in [0.2, 0.25) is 0 Å². The lowest BCUT2D eigenvalue weighted by Gasteiger charge is -2.16. The third-order valence-corrected chi connectivity index (χ3v) is 3.74. The smallest absolute Gasteiger partial charge is 0.387 e. The molecule has 2 aromatic rings. The van der Waals surface area contributed by atoms with Gasteiger partial charge in [-0.3, -0.25) is 9.59 Å². The van der Waals surface area contributed by atoms with Gasteiger partial charge in [-0.1, -0.05) is 36.4 Å². The number of hydrogen-bond acceptors (Lipinski definition) is 5. The fraction of sp³-hybridized carbons (Fsp3) is 0.250. The third kappa shape index (κ3) is 6.79. The lowest BCUT2D eigenvalue weighted by molar-refractivity contribution is -0.128. The van der Waals surface area contributed by atoms with Crippen LogP contribution in [0.2, 0.25) is 0 Å². The summed E-state index contributed by atoms with van der Waals surface area (Å²) < 4.78 is 33.5. The highest BCUT2D eigenvalue weighted by Gasteiger charge is 2.19. The lowest BCUT2D eigenvalue weighted by Crippen LogP contribution is -2.43. The first-order valence-corrected chi connectivity index (χ1v) is 8.41. The average Bonchev–Trinajstić information content (AvgIpc) is 2.66. The Bertz CT molecular complexity index is 826. The van der Waals surface area contributed by atoms with Crippen LogP contribution in [0.1, 0.15) is 22.8 Å². The maximum absolute atomic E-state index is 12.2. The van der Waals surface area contributed by atoms with Crippen molar-refractivity contribution in [3.05, 3.63) is 65.7 Å². The Kier molecular flexibility index (Phi) is 7.62. The summed E-state index contributed by atoms with van der Waals surface area (Å²) in [5, 5.41) is 2.52. The van der Waals surface area contributed by atoms with Crippen molar-refractivity contribution in [2.75, 3.05) is 6.61 Å². The van der Waals surface area contributed by atoms with E-state index in [-0.39, 0.29) is 17.1 Å². The fourth-order valence-electron chi connectivity index (χ4n) is 2.40. The molecule has 1 N–H and O–H groups in total. The molecule has 0 radical (unpaired) electrons. The number of benzene rings is 2. The monoisotopic (exact) mass is 391 g/mol. The molecule has 1 amide bonds. The van der Waals surface area contributed by atoms with Gasteiger partial charge in [0.15, 0.2) is 12.4 Å². The van der Waals surface area contributed by atoms with Crippen molar-refractivity contribution in [1.29, 1.82) is 0 Å². The highest BCUT2D eigenvalue weighted by atomic mass is 19.3. The van der Waals surface area contributed by atoms with Gasteiger partial charge in [0.25, 0.3) is 5.91 Å². The summed E-state index contributed by atoms with van der Waals surface area (Å²) in [5.74, 6) is -1.96. The summed E-state index contributed by atoms with van der Waals surface area (Å²) in [6.07, 6.45) is 0.308. The maximum Gasteiger partial charge on any atom is 0.387 e. The van der Waals surface area contributed by atoms with Crippen LogP contribution >= 0.6 is 0 Å². The van der Waals surface area contributed by atoms with Crippen molar-refractivity contribution in [3.8, 4) is 5.75 Å². The molecule has 0 aliphatic rings. The van der Waals surface area contributed by atoms with Gasteiger partial charge in [0.05, 0.1) is 11.6 Å². The summed E-state index contributed by atoms with van der Waals surface area (Å²) in [7, 11) is 0. The highest BCUT2D eigenvalue weighted by molar-refractivity contribution is 5.93. The van der Waals surface area contributed by atoms with E-state index in [4.69, 9.17) is 4.74 Å². The lowest BCUT2D eigenvalue weighted by atomic mass is 10.0. The van der Waals surface area contributed by atoms with Crippen LogP contribution in [0.5, 0.6) is 5.75 Å². The topological polar surface area (TPSA) is 81.7 Å². The van der Waals surface area contributed by atoms with E-state index < -0.39 is 31.1 Å². The van der Waals surface area contributed by atoms with Crippen LogP contribution in [0.25, 0.3) is 0 Å². The number of amides is 1. The summed E-state index contributed by atoms with van der Waals surface area (Å²) in [6.45, 7) is -2.28. The summed E-state index contributed by atoms with van der Waals surface area (Å²) in [6, 6.07) is 13.4. The predicted octanol–water partition coefficient (Wildman–Crippen LogP) is 2.76. The number of halogens is 2. The molecule has 28 heavy (non-hydrogen) atoms. The molecule has 0 saturated carbocycles. The molecule has 148 valence electrons. The van der Waals surface area contributed by atoms with Crippen molar-refractivity contribution in [3.63, 3.8) is 0 Å². The van der Waals surface area contributed by atoms with Crippen molar-refractivity contribution >= 4 is 17.7 Å². The summed E-state index contributed by atoms with van der Waals surface area (Å²) in [5.41, 5.74) is 0.828. The molecule has 0 saturated heterocycles. The summed E-state index contributed by atoms with van der Waals surface area (Å²) >= 11 is 0. The van der Waals surface area contributed by atoms with E-state index in [9.17, 15) is 23.2 Å². The molecule has 2 aromatic carbocycles. The molecule has 8 heteroatoms. The molecule has 0 aliphatic heterocycles. The van der Waals surface area contributed by atoms with Gasteiger partial charge in [-0.15, -0.1) is 0 Å². The Balaban J connectivity index is 1.89. The predicted molar refractivity (Wildman–Crippen MR) is 96.1 cm³/mol. The SMILES string of the molecule is CC(=O)[C@@H](Cc1ccccc1)NC(=O)COC(=O)c1cccc(OC(F)F)c1. The van der Waals surface area contributed by atoms with Gasteiger partial charge < -0.3 is 14.8 Å². The van der Waals surface area contributed by atoms with Crippen molar-refractivity contribution in [2.24, 2.45) is 0 Å². The number of Topliss-reactive ketones (excluding diaryl/α,β-unsaturated/α-hetero) is 1. The number of hydrogen-bond donors (Lipinski definition) is 1. The molecule has 0 spiro atoms. The van der Waals surface area contributed by atoms with Crippen LogP contribution in [0.4, 0.5) is 8.78 Å². The number of carbonyl (C=O) groups excluding carboxylic acids is 3. The van der Waals surface area contributed by atoms with Gasteiger partial charge in [-0.25, -0.2) is 4.79 Å². The number of rotatable bonds is 9. The van der Waals surface area contributed by atoms with Crippen molar-refractivity contribution < 1.29 is 32.6 Å². The quantitative estimate of drug-likeness (QED) is 0.665. The molecular formula is C20H19F2NO5. The van der Waals surface area contributed by atoms with Crippen molar-refractivity contribution in [2.45, 2.75) is 26.0 Å². The Morgan fingerprint density at radius 1 is 1.04 bits per heavy atom. The van der Waals surface area contributed by atoms with Crippen LogP contribution in [0.15, 0.2) is 54.6 Å². The van der Waals surface area contributed by atoms with E-state index >= 15 is 0 Å². The van der Waals surface area contributed by atoms with E-state index in [1.807, 2.05) is 30.3 Å². The number of ether oxygens (including phenoxy) is 2. The molecule has 0 heterocycles. The van der Waals surface area contributed by atoms with Crippen LogP contribution in [-0.2, 0) is 20.7 Å². The van der Waals surface area contributed by atoms with Gasteiger partial charge in [0.1, 0.15) is 5.75 Å². The van der Waals surface area contributed by atoms with E-state index in [0.29, 0.717) is 6.42 Å². The maximum atomic E-state index is 12.2. The molecule has 0 aromatic heterocycles. The Morgan fingerprint density at radius 2 is 1.75 bits per heavy atom. The molecule has 6 nitrogen and oxygen atoms in total. The minimum Gasteiger partial charge on any atom is -0.452 e. The second-order valence-electron chi connectivity index (χ2n) is 5.90. The second kappa shape index (κ2) is 10.1. The Hall–Kier alpha value is -3.29. The van der Waals surface area contributed by atoms with Gasteiger partial charge >= 0.3 is 12.6 Å². The van der Waals surface area contributed by atoms with Crippen molar-refractivity contribution in [1.82, 2.24) is 5.32 Å². The van der Waals surface area contributed by atoms with Crippen LogP contribution in [0.3, 0.4) is 0 Å². The van der Waals surface area contributed by atoms with Crippen LogP contribution in [0, 0.1) is 0 Å².